The Morgan fingerprint density at radius 3 is 3.18 bits per heavy atom. The van der Waals surface area contributed by atoms with Crippen molar-refractivity contribution in [3.8, 4) is 0 Å². The number of azide groups is 1. The molecule has 0 radical (unpaired) electrons. The highest BCUT2D eigenvalue weighted by molar-refractivity contribution is 7.07. The minimum Gasteiger partial charge on any atom is -0.388 e. The van der Waals surface area contributed by atoms with Gasteiger partial charge in [-0.15, -0.1) is 0 Å². The molecule has 1 unspecified atom stereocenters. The molecule has 1 aromatic heterocycles. The molecule has 0 fully saturated rings. The Morgan fingerprint density at radius 2 is 2.64 bits per heavy atom. The predicted molar refractivity (Wildman–Crippen MR) is 43.3 cm³/mol. The SMILES string of the molecule is [N-]=[N+]=NCC(O)c1ccsc1. The third-order valence-electron chi connectivity index (χ3n) is 1.25. The number of aliphatic hydroxyl groups excluding tert-OH is 1. The minimum atomic E-state index is -0.655. The first kappa shape index (κ1) is 8.07. The van der Waals surface area contributed by atoms with Gasteiger partial charge in [0.1, 0.15) is 0 Å². The molecule has 0 amide bonds. The Labute approximate surface area is 67.7 Å². The highest BCUT2D eigenvalue weighted by Crippen LogP contribution is 2.15. The van der Waals surface area contributed by atoms with Crippen LogP contribution in [-0.4, -0.2) is 11.7 Å². The molecule has 0 saturated heterocycles. The second-order valence-corrected chi connectivity index (χ2v) is 2.77. The van der Waals surface area contributed by atoms with Crippen LogP contribution in [0.3, 0.4) is 0 Å². The molecular formula is C6H7N3OS. The molecular weight excluding hydrogens is 162 g/mol. The van der Waals surface area contributed by atoms with Gasteiger partial charge < -0.3 is 5.11 Å². The van der Waals surface area contributed by atoms with Crippen LogP contribution in [0.1, 0.15) is 11.7 Å². The first-order chi connectivity index (χ1) is 5.34. The fourth-order valence-corrected chi connectivity index (χ4v) is 1.39. The molecule has 0 bridgehead atoms. The van der Waals surface area contributed by atoms with Crippen molar-refractivity contribution < 1.29 is 5.11 Å². The Bertz CT molecular complexity index is 253. The van der Waals surface area contributed by atoms with Crippen molar-refractivity contribution in [3.63, 3.8) is 0 Å². The zero-order valence-corrected chi connectivity index (χ0v) is 6.53. The fraction of sp³-hybridized carbons (Fsp3) is 0.333. The summed E-state index contributed by atoms with van der Waals surface area (Å²) in [5.41, 5.74) is 8.77. The maximum atomic E-state index is 9.28. The van der Waals surface area contributed by atoms with Crippen LogP contribution in [0.25, 0.3) is 10.4 Å². The van der Waals surface area contributed by atoms with Crippen molar-refractivity contribution in [3.05, 3.63) is 32.8 Å². The molecule has 58 valence electrons. The number of aliphatic hydroxyl groups is 1. The number of hydrogen-bond donors (Lipinski definition) is 1. The Kier molecular flexibility index (Phi) is 2.92. The van der Waals surface area contributed by atoms with Crippen LogP contribution in [0.4, 0.5) is 0 Å². The standard InChI is InChI=1S/C6H7N3OS/c7-9-8-3-6(10)5-1-2-11-4-5/h1-2,4,6,10H,3H2. The molecule has 0 aliphatic rings. The summed E-state index contributed by atoms with van der Waals surface area (Å²) in [5.74, 6) is 0. The monoisotopic (exact) mass is 169 g/mol. The summed E-state index contributed by atoms with van der Waals surface area (Å²) in [6, 6.07) is 1.81. The quantitative estimate of drug-likeness (QED) is 0.420. The minimum absolute atomic E-state index is 0.104. The van der Waals surface area contributed by atoms with Crippen molar-refractivity contribution in [1.29, 1.82) is 0 Å². The van der Waals surface area contributed by atoms with Gasteiger partial charge in [-0.1, -0.05) is 5.11 Å². The molecule has 1 N–H and O–H groups in total. The predicted octanol–water partition coefficient (Wildman–Crippen LogP) is 2.09. The van der Waals surface area contributed by atoms with Crippen molar-refractivity contribution in [2.75, 3.05) is 6.54 Å². The van der Waals surface area contributed by atoms with Gasteiger partial charge in [0, 0.05) is 4.91 Å². The smallest absolute Gasteiger partial charge is 0.0854 e. The number of nitrogens with zero attached hydrogens (tertiary/aromatic N) is 3. The second kappa shape index (κ2) is 3.98. The molecule has 5 heteroatoms. The van der Waals surface area contributed by atoms with E-state index >= 15 is 0 Å². The van der Waals surface area contributed by atoms with Crippen molar-refractivity contribution in [1.82, 2.24) is 0 Å². The molecule has 0 aliphatic heterocycles. The van der Waals surface area contributed by atoms with E-state index in [4.69, 9.17) is 5.53 Å². The largest absolute Gasteiger partial charge is 0.388 e. The summed E-state index contributed by atoms with van der Waals surface area (Å²) in [5, 5.41) is 16.2. The Hall–Kier alpha value is -1.03. The van der Waals surface area contributed by atoms with Gasteiger partial charge in [0.2, 0.25) is 0 Å². The van der Waals surface area contributed by atoms with Crippen LogP contribution in [-0.2, 0) is 0 Å². The molecule has 1 rings (SSSR count). The lowest BCUT2D eigenvalue weighted by atomic mass is 10.2. The van der Waals surface area contributed by atoms with Crippen molar-refractivity contribution in [2.45, 2.75) is 6.10 Å². The summed E-state index contributed by atoms with van der Waals surface area (Å²) >= 11 is 1.51. The van der Waals surface area contributed by atoms with E-state index in [1.165, 1.54) is 11.3 Å². The van der Waals surface area contributed by atoms with Gasteiger partial charge >= 0.3 is 0 Å². The van der Waals surface area contributed by atoms with Crippen LogP contribution in [0, 0.1) is 0 Å². The van der Waals surface area contributed by atoms with Crippen molar-refractivity contribution >= 4 is 11.3 Å². The fourth-order valence-electron chi connectivity index (χ4n) is 0.684. The van der Waals surface area contributed by atoms with E-state index in [0.717, 1.165) is 5.56 Å². The molecule has 0 aromatic carbocycles. The molecule has 11 heavy (non-hydrogen) atoms. The summed E-state index contributed by atoms with van der Waals surface area (Å²) in [7, 11) is 0. The van der Waals surface area contributed by atoms with Crippen LogP contribution in [0.2, 0.25) is 0 Å². The summed E-state index contributed by atoms with van der Waals surface area (Å²) in [4.78, 5) is 2.55. The third-order valence-corrected chi connectivity index (χ3v) is 1.95. The lowest BCUT2D eigenvalue weighted by Gasteiger charge is -2.01. The van der Waals surface area contributed by atoms with Crippen LogP contribution < -0.4 is 0 Å². The number of thiophene rings is 1. The molecule has 1 aromatic rings. The van der Waals surface area contributed by atoms with Crippen LogP contribution >= 0.6 is 11.3 Å². The highest BCUT2D eigenvalue weighted by Gasteiger charge is 2.04. The molecule has 1 heterocycles. The van der Waals surface area contributed by atoms with E-state index in [0.29, 0.717) is 0 Å². The molecule has 1 atom stereocenters. The molecule has 0 saturated carbocycles. The highest BCUT2D eigenvalue weighted by atomic mass is 32.1. The topological polar surface area (TPSA) is 69.0 Å². The van der Waals surface area contributed by atoms with Gasteiger partial charge in [0.15, 0.2) is 0 Å². The number of hydrogen-bond acceptors (Lipinski definition) is 3. The van der Waals surface area contributed by atoms with Gasteiger partial charge in [-0.05, 0) is 27.9 Å². The zero-order chi connectivity index (χ0) is 8.10. The second-order valence-electron chi connectivity index (χ2n) is 1.99. The molecule has 0 spiro atoms. The Morgan fingerprint density at radius 1 is 1.82 bits per heavy atom. The lowest BCUT2D eigenvalue weighted by Crippen LogP contribution is -1.98. The Balaban J connectivity index is 2.55. The number of rotatable bonds is 3. The van der Waals surface area contributed by atoms with Crippen LogP contribution in [0.5, 0.6) is 0 Å². The van der Waals surface area contributed by atoms with E-state index in [2.05, 4.69) is 10.0 Å². The summed E-state index contributed by atoms with van der Waals surface area (Å²) < 4.78 is 0. The van der Waals surface area contributed by atoms with Gasteiger partial charge in [-0.2, -0.15) is 11.3 Å². The van der Waals surface area contributed by atoms with E-state index < -0.39 is 6.10 Å². The first-order valence-electron chi connectivity index (χ1n) is 3.05. The normalized spacial score (nSPS) is 12.1. The average Bonchev–Trinajstić information content (AvgIpc) is 2.52. The van der Waals surface area contributed by atoms with Gasteiger partial charge in [-0.25, -0.2) is 0 Å². The van der Waals surface area contributed by atoms with E-state index in [-0.39, 0.29) is 6.54 Å². The molecule has 4 nitrogen and oxygen atoms in total. The maximum Gasteiger partial charge on any atom is 0.0854 e. The average molecular weight is 169 g/mol. The molecule has 0 aliphatic carbocycles. The van der Waals surface area contributed by atoms with Gasteiger partial charge in [0.25, 0.3) is 0 Å². The first-order valence-corrected chi connectivity index (χ1v) is 4.00. The lowest BCUT2D eigenvalue weighted by molar-refractivity contribution is 0.187. The van der Waals surface area contributed by atoms with Gasteiger partial charge in [0.05, 0.1) is 12.6 Å². The van der Waals surface area contributed by atoms with E-state index in [1.807, 2.05) is 16.8 Å². The van der Waals surface area contributed by atoms with Gasteiger partial charge in [-0.3, -0.25) is 0 Å². The maximum absolute atomic E-state index is 9.28. The zero-order valence-electron chi connectivity index (χ0n) is 5.71. The van der Waals surface area contributed by atoms with Crippen molar-refractivity contribution in [2.24, 2.45) is 5.11 Å². The van der Waals surface area contributed by atoms with E-state index in [9.17, 15) is 5.11 Å². The van der Waals surface area contributed by atoms with Crippen LogP contribution in [0.15, 0.2) is 21.9 Å². The van der Waals surface area contributed by atoms with E-state index in [1.54, 1.807) is 0 Å². The third kappa shape index (κ3) is 2.23. The summed E-state index contributed by atoms with van der Waals surface area (Å²) in [6.07, 6.45) is -0.655. The summed E-state index contributed by atoms with van der Waals surface area (Å²) in [6.45, 7) is 0.104.